The van der Waals surface area contributed by atoms with Gasteiger partial charge in [-0.1, -0.05) is 32.3 Å². The van der Waals surface area contributed by atoms with Gasteiger partial charge in [0.2, 0.25) is 11.8 Å². The third-order valence-electron chi connectivity index (χ3n) is 5.43. The van der Waals surface area contributed by atoms with E-state index >= 15 is 0 Å². The lowest BCUT2D eigenvalue weighted by Crippen LogP contribution is -2.53. The van der Waals surface area contributed by atoms with Gasteiger partial charge >= 0.3 is 0 Å². The summed E-state index contributed by atoms with van der Waals surface area (Å²) in [6.45, 7) is 9.11. The largest absolute Gasteiger partial charge is 0.359 e. The SMILES string of the molecule is CC(C)(C)c1cc(NC(=O)C2CCCCN2C(=O)CN2CCCCC2)no1. The van der Waals surface area contributed by atoms with Crippen LogP contribution in [0.2, 0.25) is 0 Å². The molecule has 1 aromatic rings. The van der Waals surface area contributed by atoms with Crippen molar-refractivity contribution in [3.8, 4) is 0 Å². The van der Waals surface area contributed by atoms with E-state index in [1.54, 1.807) is 11.0 Å². The monoisotopic (exact) mass is 376 g/mol. The lowest BCUT2D eigenvalue weighted by Gasteiger charge is -2.36. The highest BCUT2D eigenvalue weighted by Gasteiger charge is 2.33. The van der Waals surface area contributed by atoms with Crippen molar-refractivity contribution in [2.45, 2.75) is 70.8 Å². The van der Waals surface area contributed by atoms with E-state index in [0.717, 1.165) is 44.5 Å². The third kappa shape index (κ3) is 5.09. The molecule has 1 atom stereocenters. The minimum Gasteiger partial charge on any atom is -0.359 e. The first-order chi connectivity index (χ1) is 12.8. The normalized spacial score (nSPS) is 21.9. The van der Waals surface area contributed by atoms with Gasteiger partial charge in [0.15, 0.2) is 5.82 Å². The van der Waals surface area contributed by atoms with Crippen molar-refractivity contribution in [2.24, 2.45) is 0 Å². The van der Waals surface area contributed by atoms with Crippen molar-refractivity contribution in [3.63, 3.8) is 0 Å². The topological polar surface area (TPSA) is 78.7 Å². The Morgan fingerprint density at radius 2 is 1.85 bits per heavy atom. The number of likely N-dealkylation sites (tertiary alicyclic amines) is 2. The summed E-state index contributed by atoms with van der Waals surface area (Å²) in [4.78, 5) is 29.6. The summed E-state index contributed by atoms with van der Waals surface area (Å²) in [7, 11) is 0. The molecule has 7 heteroatoms. The maximum atomic E-state index is 12.8. The van der Waals surface area contributed by atoms with E-state index in [1.807, 2.05) is 20.8 Å². The molecule has 0 bridgehead atoms. The minimum absolute atomic E-state index is 0.0623. The summed E-state index contributed by atoms with van der Waals surface area (Å²) in [6.07, 6.45) is 6.15. The summed E-state index contributed by atoms with van der Waals surface area (Å²) < 4.78 is 5.34. The summed E-state index contributed by atoms with van der Waals surface area (Å²) in [5.74, 6) is 1.03. The fraction of sp³-hybridized carbons (Fsp3) is 0.750. The van der Waals surface area contributed by atoms with E-state index < -0.39 is 6.04 Å². The van der Waals surface area contributed by atoms with Gasteiger partial charge < -0.3 is 14.7 Å². The Kier molecular flexibility index (Phi) is 6.19. The van der Waals surface area contributed by atoms with E-state index in [4.69, 9.17) is 4.52 Å². The second kappa shape index (κ2) is 8.42. The smallest absolute Gasteiger partial charge is 0.248 e. The summed E-state index contributed by atoms with van der Waals surface area (Å²) in [5.41, 5.74) is -0.169. The molecule has 0 aromatic carbocycles. The van der Waals surface area contributed by atoms with E-state index in [2.05, 4.69) is 15.4 Å². The van der Waals surface area contributed by atoms with Crippen molar-refractivity contribution >= 4 is 17.6 Å². The zero-order valence-electron chi connectivity index (χ0n) is 16.8. The van der Waals surface area contributed by atoms with Crippen LogP contribution in [0.3, 0.4) is 0 Å². The lowest BCUT2D eigenvalue weighted by atomic mass is 9.93. The van der Waals surface area contributed by atoms with Gasteiger partial charge in [-0.15, -0.1) is 0 Å². The zero-order chi connectivity index (χ0) is 19.4. The standard InChI is InChI=1S/C20H32N4O3/c1-20(2,3)16-13-17(22-27-16)21-19(26)15-9-5-8-12-24(15)18(25)14-23-10-6-4-7-11-23/h13,15H,4-12,14H2,1-3H3,(H,21,22,26). The fourth-order valence-electron chi connectivity index (χ4n) is 3.80. The Morgan fingerprint density at radius 1 is 1.15 bits per heavy atom. The fourth-order valence-corrected chi connectivity index (χ4v) is 3.80. The number of amides is 2. The summed E-state index contributed by atoms with van der Waals surface area (Å²) in [5, 5.41) is 6.80. The van der Waals surface area contributed by atoms with Crippen LogP contribution < -0.4 is 5.32 Å². The van der Waals surface area contributed by atoms with Gasteiger partial charge in [-0.2, -0.15) is 0 Å². The number of carbonyl (C=O) groups is 2. The number of hydrogen-bond acceptors (Lipinski definition) is 5. The predicted molar refractivity (Wildman–Crippen MR) is 103 cm³/mol. The third-order valence-corrected chi connectivity index (χ3v) is 5.43. The quantitative estimate of drug-likeness (QED) is 0.874. The van der Waals surface area contributed by atoms with E-state index in [-0.39, 0.29) is 17.2 Å². The number of anilines is 1. The number of piperidine rings is 2. The van der Waals surface area contributed by atoms with Gasteiger partial charge in [-0.05, 0) is 45.2 Å². The molecule has 1 unspecified atom stereocenters. The molecule has 2 aliphatic rings. The van der Waals surface area contributed by atoms with E-state index in [1.165, 1.54) is 6.42 Å². The summed E-state index contributed by atoms with van der Waals surface area (Å²) in [6, 6.07) is 1.34. The predicted octanol–water partition coefficient (Wildman–Crippen LogP) is 2.78. The molecule has 7 nitrogen and oxygen atoms in total. The molecular formula is C20H32N4O3. The zero-order valence-corrected chi connectivity index (χ0v) is 16.8. The molecule has 2 saturated heterocycles. The molecule has 1 N–H and O–H groups in total. The van der Waals surface area contributed by atoms with E-state index in [0.29, 0.717) is 25.3 Å². The molecule has 150 valence electrons. The van der Waals surface area contributed by atoms with Crippen molar-refractivity contribution in [3.05, 3.63) is 11.8 Å². The summed E-state index contributed by atoms with van der Waals surface area (Å²) >= 11 is 0. The van der Waals surface area contributed by atoms with Crippen LogP contribution >= 0.6 is 0 Å². The first-order valence-electron chi connectivity index (χ1n) is 10.1. The molecule has 2 amide bonds. The molecule has 3 rings (SSSR count). The molecule has 0 radical (unpaired) electrons. The van der Waals surface area contributed by atoms with Gasteiger partial charge in [0, 0.05) is 18.0 Å². The first kappa shape index (κ1) is 19.9. The van der Waals surface area contributed by atoms with Gasteiger partial charge in [0.25, 0.3) is 0 Å². The van der Waals surface area contributed by atoms with Crippen LogP contribution in [0.5, 0.6) is 0 Å². The van der Waals surface area contributed by atoms with Crippen LogP contribution in [0.4, 0.5) is 5.82 Å². The first-order valence-corrected chi connectivity index (χ1v) is 10.1. The second-order valence-corrected chi connectivity index (χ2v) is 8.75. The van der Waals surface area contributed by atoms with E-state index in [9.17, 15) is 9.59 Å². The van der Waals surface area contributed by atoms with Crippen LogP contribution in [0.1, 0.15) is 65.1 Å². The highest BCUT2D eigenvalue weighted by molar-refractivity contribution is 5.96. The molecule has 0 spiro atoms. The molecule has 0 aliphatic carbocycles. The van der Waals surface area contributed by atoms with Crippen LogP contribution in [-0.4, -0.2) is 59.0 Å². The van der Waals surface area contributed by atoms with Crippen molar-refractivity contribution < 1.29 is 14.1 Å². The number of aromatic nitrogens is 1. The van der Waals surface area contributed by atoms with Gasteiger partial charge in [-0.3, -0.25) is 14.5 Å². The van der Waals surface area contributed by atoms with Gasteiger partial charge in [0.1, 0.15) is 11.8 Å². The second-order valence-electron chi connectivity index (χ2n) is 8.75. The molecule has 2 fully saturated rings. The van der Waals surface area contributed by atoms with Crippen LogP contribution in [0.15, 0.2) is 10.6 Å². The Balaban J connectivity index is 1.62. The number of nitrogens with zero attached hydrogens (tertiary/aromatic N) is 3. The van der Waals surface area contributed by atoms with Crippen molar-refractivity contribution in [1.29, 1.82) is 0 Å². The highest BCUT2D eigenvalue weighted by atomic mass is 16.5. The van der Waals surface area contributed by atoms with Gasteiger partial charge in [0.05, 0.1) is 6.54 Å². The van der Waals surface area contributed by atoms with Crippen molar-refractivity contribution in [2.75, 3.05) is 31.5 Å². The number of carbonyl (C=O) groups excluding carboxylic acids is 2. The van der Waals surface area contributed by atoms with Gasteiger partial charge in [-0.25, -0.2) is 0 Å². The maximum Gasteiger partial charge on any atom is 0.248 e. The molecule has 1 aromatic heterocycles. The molecular weight excluding hydrogens is 344 g/mol. The van der Waals surface area contributed by atoms with Crippen LogP contribution in [0, 0.1) is 0 Å². The Hall–Kier alpha value is -1.89. The average molecular weight is 377 g/mol. The van der Waals surface area contributed by atoms with Crippen LogP contribution in [0.25, 0.3) is 0 Å². The minimum atomic E-state index is -0.425. The molecule has 27 heavy (non-hydrogen) atoms. The molecule has 3 heterocycles. The number of nitrogens with one attached hydrogen (secondary N) is 1. The molecule has 0 saturated carbocycles. The Labute approximate surface area is 161 Å². The Bertz CT molecular complexity index is 658. The Morgan fingerprint density at radius 3 is 2.52 bits per heavy atom. The van der Waals surface area contributed by atoms with Crippen LogP contribution in [-0.2, 0) is 15.0 Å². The van der Waals surface area contributed by atoms with Crippen molar-refractivity contribution in [1.82, 2.24) is 15.0 Å². The number of rotatable bonds is 4. The average Bonchev–Trinajstić information content (AvgIpc) is 3.11. The highest BCUT2D eigenvalue weighted by Crippen LogP contribution is 2.25. The lowest BCUT2D eigenvalue weighted by molar-refractivity contribution is -0.141. The molecule has 2 aliphatic heterocycles. The number of hydrogen-bond donors (Lipinski definition) is 1. The maximum absolute atomic E-state index is 12.8.